The van der Waals surface area contributed by atoms with Crippen LogP contribution in [-0.4, -0.2) is 43.5 Å². The molecule has 1 aromatic carbocycles. The van der Waals surface area contributed by atoms with Gasteiger partial charge < -0.3 is 19.9 Å². The monoisotopic (exact) mass is 345 g/mol. The van der Waals surface area contributed by atoms with E-state index in [0.29, 0.717) is 5.75 Å². The zero-order chi connectivity index (χ0) is 15.1. The maximum Gasteiger partial charge on any atom is 0.322 e. The number of carbonyl (C=O) groups excluding carboxylic acids is 1. The first-order valence-electron chi connectivity index (χ1n) is 6.32. The Morgan fingerprint density at radius 3 is 2.80 bits per heavy atom. The quantitative estimate of drug-likeness (QED) is 0.735. The normalized spacial score (nSPS) is 13.7. The molecule has 0 amide bonds. The van der Waals surface area contributed by atoms with Gasteiger partial charge in [-0.2, -0.15) is 0 Å². The number of aliphatic hydroxyl groups is 1. The minimum atomic E-state index is -0.713. The van der Waals surface area contributed by atoms with Crippen LogP contribution in [0.2, 0.25) is 0 Å². The van der Waals surface area contributed by atoms with Crippen LogP contribution in [0.15, 0.2) is 22.7 Å². The van der Waals surface area contributed by atoms with Crippen LogP contribution in [0.1, 0.15) is 12.5 Å². The first kappa shape index (κ1) is 16.9. The Balaban J connectivity index is 2.36. The van der Waals surface area contributed by atoms with Crippen molar-refractivity contribution >= 4 is 21.9 Å². The van der Waals surface area contributed by atoms with Gasteiger partial charge in [0.25, 0.3) is 0 Å². The number of benzene rings is 1. The van der Waals surface area contributed by atoms with Crippen LogP contribution in [0.4, 0.5) is 0 Å². The second kappa shape index (κ2) is 8.24. The molecule has 0 spiro atoms. The second-order valence-corrected chi connectivity index (χ2v) is 5.41. The summed E-state index contributed by atoms with van der Waals surface area (Å²) in [5, 5.41) is 12.7. The summed E-state index contributed by atoms with van der Waals surface area (Å²) in [6, 6.07) is 5.26. The summed E-state index contributed by atoms with van der Waals surface area (Å²) >= 11 is 3.40. The molecule has 2 atom stereocenters. The standard InChI is InChI=1S/C14H20BrNO4/c1-9-4-5-13(12(15)6-9)20-8-11(17)7-16-10(2)14(18)19-3/h4-6,10-11,16-17H,7-8H2,1-3H3. The van der Waals surface area contributed by atoms with Crippen LogP contribution in [-0.2, 0) is 9.53 Å². The number of aryl methyl sites for hydroxylation is 1. The highest BCUT2D eigenvalue weighted by Crippen LogP contribution is 2.25. The first-order chi connectivity index (χ1) is 9.43. The zero-order valence-electron chi connectivity index (χ0n) is 11.9. The molecule has 0 aliphatic carbocycles. The van der Waals surface area contributed by atoms with Crippen molar-refractivity contribution < 1.29 is 19.4 Å². The maximum absolute atomic E-state index is 11.2. The summed E-state index contributed by atoms with van der Waals surface area (Å²) in [6.07, 6.45) is -0.713. The van der Waals surface area contributed by atoms with E-state index in [0.717, 1.165) is 10.0 Å². The third kappa shape index (κ3) is 5.48. The molecule has 1 aromatic rings. The highest BCUT2D eigenvalue weighted by atomic mass is 79.9. The highest BCUT2D eigenvalue weighted by molar-refractivity contribution is 9.10. The summed E-state index contributed by atoms with van der Waals surface area (Å²) in [4.78, 5) is 11.2. The minimum Gasteiger partial charge on any atom is -0.490 e. The molecule has 0 radical (unpaired) electrons. The van der Waals surface area contributed by atoms with E-state index in [1.165, 1.54) is 7.11 Å². The molecular weight excluding hydrogens is 326 g/mol. The molecule has 0 aromatic heterocycles. The summed E-state index contributed by atoms with van der Waals surface area (Å²) < 4.78 is 10.9. The number of hydrogen-bond donors (Lipinski definition) is 2. The van der Waals surface area contributed by atoms with Gasteiger partial charge in [0, 0.05) is 6.54 Å². The van der Waals surface area contributed by atoms with E-state index >= 15 is 0 Å². The van der Waals surface area contributed by atoms with Crippen molar-refractivity contribution in [3.63, 3.8) is 0 Å². The van der Waals surface area contributed by atoms with Crippen molar-refractivity contribution in [2.75, 3.05) is 20.3 Å². The Hall–Kier alpha value is -1.11. The smallest absolute Gasteiger partial charge is 0.322 e. The van der Waals surface area contributed by atoms with E-state index in [1.54, 1.807) is 6.92 Å². The Morgan fingerprint density at radius 2 is 2.20 bits per heavy atom. The summed E-state index contributed by atoms with van der Waals surface area (Å²) in [7, 11) is 1.33. The van der Waals surface area contributed by atoms with Gasteiger partial charge in [0.2, 0.25) is 0 Å². The average molecular weight is 346 g/mol. The molecule has 20 heavy (non-hydrogen) atoms. The molecule has 0 heterocycles. The van der Waals surface area contributed by atoms with Crippen LogP contribution in [0.3, 0.4) is 0 Å². The minimum absolute atomic E-state index is 0.141. The van der Waals surface area contributed by atoms with Gasteiger partial charge in [0.1, 0.15) is 24.5 Å². The SMILES string of the molecule is COC(=O)C(C)NCC(O)COc1ccc(C)cc1Br. The molecule has 0 fully saturated rings. The molecule has 112 valence electrons. The average Bonchev–Trinajstić information content (AvgIpc) is 2.42. The molecule has 0 bridgehead atoms. The Bertz CT molecular complexity index is 453. The van der Waals surface area contributed by atoms with E-state index in [9.17, 15) is 9.90 Å². The molecule has 6 heteroatoms. The molecule has 5 nitrogen and oxygen atoms in total. The van der Waals surface area contributed by atoms with Crippen LogP contribution in [0.5, 0.6) is 5.75 Å². The third-order valence-corrected chi connectivity index (χ3v) is 3.35. The van der Waals surface area contributed by atoms with Crippen molar-refractivity contribution in [2.45, 2.75) is 26.0 Å². The largest absolute Gasteiger partial charge is 0.490 e. The van der Waals surface area contributed by atoms with Crippen molar-refractivity contribution in [2.24, 2.45) is 0 Å². The Kier molecular flexibility index (Phi) is 6.98. The number of esters is 1. The molecular formula is C14H20BrNO4. The van der Waals surface area contributed by atoms with Gasteiger partial charge in [-0.05, 0) is 47.5 Å². The topological polar surface area (TPSA) is 67.8 Å². The maximum atomic E-state index is 11.2. The van der Waals surface area contributed by atoms with Gasteiger partial charge in [-0.3, -0.25) is 4.79 Å². The van der Waals surface area contributed by atoms with Crippen LogP contribution < -0.4 is 10.1 Å². The fraction of sp³-hybridized carbons (Fsp3) is 0.500. The van der Waals surface area contributed by atoms with Gasteiger partial charge in [-0.25, -0.2) is 0 Å². The van der Waals surface area contributed by atoms with E-state index in [2.05, 4.69) is 26.0 Å². The van der Waals surface area contributed by atoms with Gasteiger partial charge in [-0.1, -0.05) is 6.07 Å². The summed E-state index contributed by atoms with van der Waals surface area (Å²) in [5.41, 5.74) is 1.12. The lowest BCUT2D eigenvalue weighted by Gasteiger charge is -2.16. The first-order valence-corrected chi connectivity index (χ1v) is 7.11. The van der Waals surface area contributed by atoms with Crippen molar-refractivity contribution in [3.8, 4) is 5.75 Å². The second-order valence-electron chi connectivity index (χ2n) is 4.55. The van der Waals surface area contributed by atoms with E-state index in [4.69, 9.17) is 4.74 Å². The molecule has 0 aliphatic rings. The number of nitrogens with one attached hydrogen (secondary N) is 1. The van der Waals surface area contributed by atoms with Gasteiger partial charge in [0.05, 0.1) is 11.6 Å². The van der Waals surface area contributed by atoms with E-state index in [-0.39, 0.29) is 19.1 Å². The number of ether oxygens (including phenoxy) is 2. The Labute approximate surface area is 127 Å². The van der Waals surface area contributed by atoms with Crippen molar-refractivity contribution in [1.82, 2.24) is 5.32 Å². The van der Waals surface area contributed by atoms with E-state index in [1.807, 2.05) is 25.1 Å². The van der Waals surface area contributed by atoms with Crippen molar-refractivity contribution in [1.29, 1.82) is 0 Å². The van der Waals surface area contributed by atoms with Crippen LogP contribution in [0, 0.1) is 6.92 Å². The Morgan fingerprint density at radius 1 is 1.50 bits per heavy atom. The predicted octanol–water partition coefficient (Wildman–Crippen LogP) is 1.65. The molecule has 2 unspecified atom stereocenters. The lowest BCUT2D eigenvalue weighted by atomic mass is 10.2. The molecule has 0 saturated heterocycles. The molecule has 2 N–H and O–H groups in total. The fourth-order valence-corrected chi connectivity index (χ4v) is 2.15. The predicted molar refractivity (Wildman–Crippen MR) is 79.9 cm³/mol. The highest BCUT2D eigenvalue weighted by Gasteiger charge is 2.14. The van der Waals surface area contributed by atoms with Gasteiger partial charge >= 0.3 is 5.97 Å². The number of methoxy groups -OCH3 is 1. The number of aliphatic hydroxyl groups excluding tert-OH is 1. The van der Waals surface area contributed by atoms with Crippen LogP contribution >= 0.6 is 15.9 Å². The van der Waals surface area contributed by atoms with Crippen LogP contribution in [0.25, 0.3) is 0 Å². The number of halogens is 1. The third-order valence-electron chi connectivity index (χ3n) is 2.73. The summed E-state index contributed by atoms with van der Waals surface area (Å²) in [6.45, 7) is 4.06. The van der Waals surface area contributed by atoms with Crippen molar-refractivity contribution in [3.05, 3.63) is 28.2 Å². The summed E-state index contributed by atoms with van der Waals surface area (Å²) in [5.74, 6) is 0.315. The van der Waals surface area contributed by atoms with Gasteiger partial charge in [0.15, 0.2) is 0 Å². The zero-order valence-corrected chi connectivity index (χ0v) is 13.4. The molecule has 0 aliphatic heterocycles. The molecule has 0 saturated carbocycles. The number of hydrogen-bond acceptors (Lipinski definition) is 5. The number of carbonyl (C=O) groups is 1. The molecule has 1 rings (SSSR count). The lowest BCUT2D eigenvalue weighted by molar-refractivity contribution is -0.142. The van der Waals surface area contributed by atoms with Gasteiger partial charge in [-0.15, -0.1) is 0 Å². The lowest BCUT2D eigenvalue weighted by Crippen LogP contribution is -2.41. The fourth-order valence-electron chi connectivity index (χ4n) is 1.54. The van der Waals surface area contributed by atoms with E-state index < -0.39 is 12.1 Å². The number of rotatable bonds is 7.